The number of nitrogens with two attached hydrogens (primary N) is 1. The summed E-state index contributed by atoms with van der Waals surface area (Å²) in [5.41, 5.74) is 5.17. The molecule has 1 atom stereocenters. The van der Waals surface area contributed by atoms with E-state index in [4.69, 9.17) is 5.73 Å². The van der Waals surface area contributed by atoms with Crippen molar-refractivity contribution in [2.45, 2.75) is 17.9 Å². The third-order valence-corrected chi connectivity index (χ3v) is 3.53. The van der Waals surface area contributed by atoms with Crippen LogP contribution >= 0.6 is 0 Å². The van der Waals surface area contributed by atoms with Crippen molar-refractivity contribution < 1.29 is 12.8 Å². The molecule has 0 radical (unpaired) electrons. The zero-order valence-electron chi connectivity index (χ0n) is 8.77. The summed E-state index contributed by atoms with van der Waals surface area (Å²) < 4.78 is 38.8. The van der Waals surface area contributed by atoms with E-state index in [0.717, 1.165) is 6.07 Å². The summed E-state index contributed by atoms with van der Waals surface area (Å²) in [6.07, 6.45) is 1.44. The molecule has 0 aliphatic heterocycles. The summed E-state index contributed by atoms with van der Waals surface area (Å²) in [6, 6.07) is 2.91. The Balaban J connectivity index is 3.08. The molecule has 0 spiro atoms. The van der Waals surface area contributed by atoms with Crippen LogP contribution in [0.1, 0.15) is 6.92 Å². The van der Waals surface area contributed by atoms with Gasteiger partial charge in [-0.1, -0.05) is 6.08 Å². The molecule has 0 bridgehead atoms. The Labute approximate surface area is 94.0 Å². The Bertz CT molecular complexity index is 500. The average molecular weight is 244 g/mol. The maximum absolute atomic E-state index is 13.1. The maximum atomic E-state index is 13.1. The van der Waals surface area contributed by atoms with Crippen LogP contribution in [-0.2, 0) is 10.0 Å². The number of anilines is 1. The number of hydrogen-bond donors (Lipinski definition) is 2. The van der Waals surface area contributed by atoms with Gasteiger partial charge in [-0.3, -0.25) is 0 Å². The van der Waals surface area contributed by atoms with Gasteiger partial charge in [0.2, 0.25) is 10.0 Å². The van der Waals surface area contributed by atoms with Gasteiger partial charge < -0.3 is 5.73 Å². The van der Waals surface area contributed by atoms with Crippen LogP contribution < -0.4 is 10.5 Å². The molecule has 16 heavy (non-hydrogen) atoms. The van der Waals surface area contributed by atoms with E-state index < -0.39 is 21.9 Å². The second-order valence-electron chi connectivity index (χ2n) is 3.33. The van der Waals surface area contributed by atoms with E-state index in [9.17, 15) is 12.8 Å². The molecular formula is C10H13FN2O2S. The summed E-state index contributed by atoms with van der Waals surface area (Å²) in [4.78, 5) is -0.159. The summed E-state index contributed by atoms with van der Waals surface area (Å²) in [6.45, 7) is 5.07. The second kappa shape index (κ2) is 4.63. The number of halogens is 1. The van der Waals surface area contributed by atoms with Crippen LogP contribution in [0.25, 0.3) is 0 Å². The quantitative estimate of drug-likeness (QED) is 0.618. The van der Waals surface area contributed by atoms with E-state index in [2.05, 4.69) is 11.3 Å². The molecule has 4 nitrogen and oxygen atoms in total. The van der Waals surface area contributed by atoms with E-state index in [1.807, 2.05) is 0 Å². The summed E-state index contributed by atoms with van der Waals surface area (Å²) >= 11 is 0. The van der Waals surface area contributed by atoms with Crippen LogP contribution in [0, 0.1) is 5.82 Å². The summed E-state index contributed by atoms with van der Waals surface area (Å²) in [7, 11) is -3.73. The number of benzene rings is 1. The Kier molecular flexibility index (Phi) is 3.66. The molecule has 3 N–H and O–H groups in total. The van der Waals surface area contributed by atoms with Crippen LogP contribution in [0.3, 0.4) is 0 Å². The van der Waals surface area contributed by atoms with E-state index >= 15 is 0 Å². The zero-order valence-corrected chi connectivity index (χ0v) is 9.59. The van der Waals surface area contributed by atoms with Gasteiger partial charge in [0, 0.05) is 6.04 Å². The van der Waals surface area contributed by atoms with Crippen LogP contribution in [0.2, 0.25) is 0 Å². The van der Waals surface area contributed by atoms with Crippen molar-refractivity contribution in [2.75, 3.05) is 5.73 Å². The predicted octanol–water partition coefficient (Wildman–Crippen LogP) is 1.26. The van der Waals surface area contributed by atoms with Gasteiger partial charge in [-0.05, 0) is 25.1 Å². The smallest absolute Gasteiger partial charge is 0.241 e. The first-order valence-electron chi connectivity index (χ1n) is 4.56. The highest BCUT2D eigenvalue weighted by Gasteiger charge is 2.17. The highest BCUT2D eigenvalue weighted by Crippen LogP contribution is 2.16. The predicted molar refractivity (Wildman–Crippen MR) is 60.8 cm³/mol. The minimum Gasteiger partial charge on any atom is -0.396 e. The number of rotatable bonds is 4. The number of sulfonamides is 1. The topological polar surface area (TPSA) is 72.2 Å². The van der Waals surface area contributed by atoms with E-state index in [0.29, 0.717) is 0 Å². The molecule has 0 aliphatic rings. The van der Waals surface area contributed by atoms with Crippen molar-refractivity contribution in [3.05, 3.63) is 36.7 Å². The first kappa shape index (κ1) is 12.7. The molecule has 6 heteroatoms. The van der Waals surface area contributed by atoms with Crippen molar-refractivity contribution in [1.29, 1.82) is 0 Å². The van der Waals surface area contributed by atoms with Gasteiger partial charge in [-0.25, -0.2) is 17.5 Å². The molecule has 1 aromatic rings. The molecule has 1 aromatic carbocycles. The molecule has 0 aliphatic carbocycles. The maximum Gasteiger partial charge on any atom is 0.241 e. The fourth-order valence-electron chi connectivity index (χ4n) is 1.04. The number of hydrogen-bond acceptors (Lipinski definition) is 3. The molecular weight excluding hydrogens is 231 g/mol. The van der Waals surface area contributed by atoms with E-state index in [-0.39, 0.29) is 10.6 Å². The van der Waals surface area contributed by atoms with Gasteiger partial charge in [-0.2, -0.15) is 0 Å². The first-order chi connectivity index (χ1) is 7.36. The van der Waals surface area contributed by atoms with Gasteiger partial charge >= 0.3 is 0 Å². The van der Waals surface area contributed by atoms with Crippen molar-refractivity contribution in [1.82, 2.24) is 4.72 Å². The summed E-state index contributed by atoms with van der Waals surface area (Å²) in [5.74, 6) is -0.755. The second-order valence-corrected chi connectivity index (χ2v) is 5.04. The third kappa shape index (κ3) is 2.80. The Hall–Kier alpha value is -1.40. The Morgan fingerprint density at radius 3 is 2.69 bits per heavy atom. The van der Waals surface area contributed by atoms with Crippen molar-refractivity contribution in [2.24, 2.45) is 0 Å². The number of nitrogen functional groups attached to an aromatic ring is 1. The van der Waals surface area contributed by atoms with E-state index in [1.54, 1.807) is 6.92 Å². The van der Waals surface area contributed by atoms with Gasteiger partial charge in [0.05, 0.1) is 10.6 Å². The molecule has 1 unspecified atom stereocenters. The highest BCUT2D eigenvalue weighted by atomic mass is 32.2. The molecule has 0 aromatic heterocycles. The summed E-state index contributed by atoms with van der Waals surface area (Å²) in [5, 5.41) is 0. The van der Waals surface area contributed by atoms with Crippen LogP contribution in [0.15, 0.2) is 35.7 Å². The fraction of sp³-hybridized carbons (Fsp3) is 0.200. The van der Waals surface area contributed by atoms with Gasteiger partial charge in [-0.15, -0.1) is 6.58 Å². The molecule has 0 heterocycles. The molecule has 0 saturated heterocycles. The van der Waals surface area contributed by atoms with Crippen molar-refractivity contribution >= 4 is 15.7 Å². The highest BCUT2D eigenvalue weighted by molar-refractivity contribution is 7.89. The lowest BCUT2D eigenvalue weighted by Gasteiger charge is -2.10. The number of nitrogens with one attached hydrogen (secondary N) is 1. The molecule has 0 fully saturated rings. The largest absolute Gasteiger partial charge is 0.396 e. The molecule has 0 amide bonds. The SMILES string of the molecule is C=CC(C)NS(=O)(=O)c1ccc(N)c(F)c1. The van der Waals surface area contributed by atoms with Gasteiger partial charge in [0.25, 0.3) is 0 Å². The first-order valence-corrected chi connectivity index (χ1v) is 6.05. The standard InChI is InChI=1S/C10H13FN2O2S/c1-3-7(2)13-16(14,15)8-4-5-10(12)9(11)6-8/h3-7,13H,1,12H2,2H3. The van der Waals surface area contributed by atoms with Crippen molar-refractivity contribution in [3.8, 4) is 0 Å². The minimum atomic E-state index is -3.73. The minimum absolute atomic E-state index is 0.0873. The lowest BCUT2D eigenvalue weighted by molar-refractivity contribution is 0.573. The zero-order chi connectivity index (χ0) is 12.3. The fourth-order valence-corrected chi connectivity index (χ4v) is 2.26. The van der Waals surface area contributed by atoms with Crippen molar-refractivity contribution in [3.63, 3.8) is 0 Å². The lowest BCUT2D eigenvalue weighted by atomic mass is 10.3. The van der Waals surface area contributed by atoms with Gasteiger partial charge in [0.15, 0.2) is 0 Å². The van der Waals surface area contributed by atoms with E-state index in [1.165, 1.54) is 18.2 Å². The molecule has 1 rings (SSSR count). The molecule has 0 saturated carbocycles. The Morgan fingerprint density at radius 2 is 2.19 bits per heavy atom. The van der Waals surface area contributed by atoms with Crippen LogP contribution in [0.4, 0.5) is 10.1 Å². The third-order valence-electron chi connectivity index (χ3n) is 1.98. The van der Waals surface area contributed by atoms with Gasteiger partial charge in [0.1, 0.15) is 5.82 Å². The average Bonchev–Trinajstić information content (AvgIpc) is 2.21. The monoisotopic (exact) mass is 244 g/mol. The Morgan fingerprint density at radius 1 is 1.56 bits per heavy atom. The normalized spacial score (nSPS) is 13.4. The lowest BCUT2D eigenvalue weighted by Crippen LogP contribution is -2.31. The van der Waals surface area contributed by atoms with Crippen LogP contribution in [0.5, 0.6) is 0 Å². The molecule has 88 valence electrons. The van der Waals surface area contributed by atoms with Crippen LogP contribution in [-0.4, -0.2) is 14.5 Å².